The smallest absolute Gasteiger partial charge is 0.0860 e. The fraction of sp³-hybridized carbons (Fsp3) is 0.700. The lowest BCUT2D eigenvalue weighted by atomic mass is 10.2. The van der Waals surface area contributed by atoms with E-state index < -0.39 is 0 Å². The minimum Gasteiger partial charge on any atom is -0.396 e. The molecule has 86 valence electrons. The van der Waals surface area contributed by atoms with Crippen LogP contribution in [-0.2, 0) is 13.6 Å². The third-order valence-electron chi connectivity index (χ3n) is 2.44. The van der Waals surface area contributed by atoms with Gasteiger partial charge < -0.3 is 10.4 Å². The number of halogens is 1. The predicted molar refractivity (Wildman–Crippen MR) is 61.0 cm³/mol. The van der Waals surface area contributed by atoms with Gasteiger partial charge in [-0.05, 0) is 20.3 Å². The fourth-order valence-corrected chi connectivity index (χ4v) is 1.67. The number of aliphatic hydroxyl groups is 1. The number of aliphatic hydroxyl groups excluding tert-OH is 1. The molecule has 0 aliphatic rings. The second kappa shape index (κ2) is 5.49. The second-order valence-corrected chi connectivity index (χ2v) is 4.14. The van der Waals surface area contributed by atoms with Crippen LogP contribution in [0.25, 0.3) is 0 Å². The lowest BCUT2D eigenvalue weighted by Crippen LogP contribution is -2.27. The molecule has 1 atom stereocenters. The van der Waals surface area contributed by atoms with Crippen LogP contribution in [0.1, 0.15) is 24.7 Å². The lowest BCUT2D eigenvalue weighted by molar-refractivity contribution is 0.268. The molecule has 5 heteroatoms. The first-order valence-corrected chi connectivity index (χ1v) is 5.46. The van der Waals surface area contributed by atoms with Gasteiger partial charge in [0.25, 0.3) is 0 Å². The molecular weight excluding hydrogens is 214 g/mol. The van der Waals surface area contributed by atoms with Crippen molar-refractivity contribution in [3.8, 4) is 0 Å². The molecule has 1 aromatic rings. The molecule has 2 N–H and O–H groups in total. The normalized spacial score (nSPS) is 13.1. The van der Waals surface area contributed by atoms with E-state index in [4.69, 9.17) is 16.7 Å². The third kappa shape index (κ3) is 3.19. The Morgan fingerprint density at radius 3 is 2.73 bits per heavy atom. The number of hydrogen-bond donors (Lipinski definition) is 2. The van der Waals surface area contributed by atoms with Crippen LogP contribution in [0.3, 0.4) is 0 Å². The highest BCUT2D eigenvalue weighted by molar-refractivity contribution is 6.31. The maximum atomic E-state index is 8.76. The van der Waals surface area contributed by atoms with E-state index in [1.165, 1.54) is 0 Å². The van der Waals surface area contributed by atoms with Crippen molar-refractivity contribution in [3.63, 3.8) is 0 Å². The Morgan fingerprint density at radius 2 is 2.27 bits per heavy atom. The van der Waals surface area contributed by atoms with Gasteiger partial charge in [0, 0.05) is 26.2 Å². The summed E-state index contributed by atoms with van der Waals surface area (Å²) in [7, 11) is 1.88. The Bertz CT molecular complexity index is 325. The predicted octanol–water partition coefficient (Wildman–Crippen LogP) is 1.24. The van der Waals surface area contributed by atoms with Gasteiger partial charge in [0.1, 0.15) is 0 Å². The Labute approximate surface area is 95.2 Å². The van der Waals surface area contributed by atoms with E-state index in [0.717, 1.165) is 22.8 Å². The number of rotatable bonds is 5. The average molecular weight is 232 g/mol. The third-order valence-corrected chi connectivity index (χ3v) is 2.93. The van der Waals surface area contributed by atoms with Crippen LogP contribution in [0.2, 0.25) is 5.02 Å². The molecule has 0 amide bonds. The summed E-state index contributed by atoms with van der Waals surface area (Å²) >= 11 is 6.10. The fourth-order valence-electron chi connectivity index (χ4n) is 1.44. The Morgan fingerprint density at radius 1 is 1.60 bits per heavy atom. The summed E-state index contributed by atoms with van der Waals surface area (Å²) in [5, 5.41) is 17.0. The molecule has 1 aromatic heterocycles. The molecule has 1 rings (SSSR count). The summed E-state index contributed by atoms with van der Waals surface area (Å²) in [6.07, 6.45) is 0.744. The zero-order chi connectivity index (χ0) is 11.4. The molecule has 0 fully saturated rings. The van der Waals surface area contributed by atoms with Crippen LogP contribution in [0.5, 0.6) is 0 Å². The number of nitrogens with zero attached hydrogens (tertiary/aromatic N) is 2. The zero-order valence-corrected chi connectivity index (χ0v) is 10.2. The molecular formula is C10H18ClN3O. The number of aryl methyl sites for hydroxylation is 2. The molecule has 0 aliphatic heterocycles. The van der Waals surface area contributed by atoms with E-state index in [9.17, 15) is 0 Å². The van der Waals surface area contributed by atoms with Gasteiger partial charge in [0.15, 0.2) is 0 Å². The first-order chi connectivity index (χ1) is 7.06. The molecule has 15 heavy (non-hydrogen) atoms. The summed E-state index contributed by atoms with van der Waals surface area (Å²) in [6, 6.07) is 0.279. The topological polar surface area (TPSA) is 50.1 Å². The summed E-state index contributed by atoms with van der Waals surface area (Å²) in [6.45, 7) is 4.81. The van der Waals surface area contributed by atoms with Crippen LogP contribution in [0, 0.1) is 6.92 Å². The van der Waals surface area contributed by atoms with Gasteiger partial charge in [-0.1, -0.05) is 11.6 Å². The van der Waals surface area contributed by atoms with Crippen molar-refractivity contribution < 1.29 is 5.11 Å². The maximum absolute atomic E-state index is 8.76. The molecule has 1 unspecified atom stereocenters. The quantitative estimate of drug-likeness (QED) is 0.802. The molecule has 0 saturated heterocycles. The standard InChI is InChI=1S/C10H18ClN3O/c1-7(4-5-15)12-6-9-10(11)8(2)13-14(9)3/h7,12,15H,4-6H2,1-3H3. The summed E-state index contributed by atoms with van der Waals surface area (Å²) < 4.78 is 1.79. The molecule has 0 bridgehead atoms. The highest BCUT2D eigenvalue weighted by Gasteiger charge is 2.11. The van der Waals surface area contributed by atoms with E-state index in [2.05, 4.69) is 10.4 Å². The van der Waals surface area contributed by atoms with Gasteiger partial charge in [-0.3, -0.25) is 4.68 Å². The van der Waals surface area contributed by atoms with Crippen LogP contribution < -0.4 is 5.32 Å². The van der Waals surface area contributed by atoms with E-state index >= 15 is 0 Å². The van der Waals surface area contributed by atoms with Crippen LogP contribution in [0.4, 0.5) is 0 Å². The maximum Gasteiger partial charge on any atom is 0.0860 e. The van der Waals surface area contributed by atoms with Crippen molar-refractivity contribution >= 4 is 11.6 Å². The molecule has 0 radical (unpaired) electrons. The molecule has 0 aromatic carbocycles. The van der Waals surface area contributed by atoms with Crippen molar-refractivity contribution in [1.82, 2.24) is 15.1 Å². The minimum atomic E-state index is 0.201. The van der Waals surface area contributed by atoms with E-state index in [1.807, 2.05) is 20.9 Å². The van der Waals surface area contributed by atoms with Crippen molar-refractivity contribution in [3.05, 3.63) is 16.4 Å². The largest absolute Gasteiger partial charge is 0.396 e. The summed E-state index contributed by atoms with van der Waals surface area (Å²) in [5.41, 5.74) is 1.84. The highest BCUT2D eigenvalue weighted by Crippen LogP contribution is 2.19. The van der Waals surface area contributed by atoms with Gasteiger partial charge in [-0.25, -0.2) is 0 Å². The van der Waals surface area contributed by atoms with Gasteiger partial charge in [-0.15, -0.1) is 0 Å². The molecule has 0 spiro atoms. The first-order valence-electron chi connectivity index (χ1n) is 5.08. The SMILES string of the molecule is Cc1nn(C)c(CNC(C)CCO)c1Cl. The van der Waals surface area contributed by atoms with Crippen molar-refractivity contribution in [1.29, 1.82) is 0 Å². The van der Waals surface area contributed by atoms with E-state index in [1.54, 1.807) is 4.68 Å². The van der Waals surface area contributed by atoms with Crippen molar-refractivity contribution in [2.24, 2.45) is 7.05 Å². The first kappa shape index (κ1) is 12.5. The Hall–Kier alpha value is -0.580. The minimum absolute atomic E-state index is 0.201. The van der Waals surface area contributed by atoms with Crippen molar-refractivity contribution in [2.75, 3.05) is 6.61 Å². The highest BCUT2D eigenvalue weighted by atomic mass is 35.5. The van der Waals surface area contributed by atoms with E-state index in [-0.39, 0.29) is 12.6 Å². The average Bonchev–Trinajstić information content (AvgIpc) is 2.40. The van der Waals surface area contributed by atoms with Gasteiger partial charge >= 0.3 is 0 Å². The van der Waals surface area contributed by atoms with Gasteiger partial charge in [0.2, 0.25) is 0 Å². The van der Waals surface area contributed by atoms with E-state index in [0.29, 0.717) is 6.54 Å². The summed E-state index contributed by atoms with van der Waals surface area (Å²) in [4.78, 5) is 0. The van der Waals surface area contributed by atoms with Gasteiger partial charge in [-0.2, -0.15) is 5.10 Å². The Kier molecular flexibility index (Phi) is 4.57. The summed E-state index contributed by atoms with van der Waals surface area (Å²) in [5.74, 6) is 0. The monoisotopic (exact) mass is 231 g/mol. The van der Waals surface area contributed by atoms with Gasteiger partial charge in [0.05, 0.1) is 16.4 Å². The molecule has 0 saturated carbocycles. The van der Waals surface area contributed by atoms with Crippen LogP contribution in [-0.4, -0.2) is 27.5 Å². The number of hydrogen-bond acceptors (Lipinski definition) is 3. The number of nitrogens with one attached hydrogen (secondary N) is 1. The lowest BCUT2D eigenvalue weighted by Gasteiger charge is -2.12. The zero-order valence-electron chi connectivity index (χ0n) is 9.42. The second-order valence-electron chi connectivity index (χ2n) is 3.76. The molecule has 1 heterocycles. The Balaban J connectivity index is 2.57. The van der Waals surface area contributed by atoms with Crippen molar-refractivity contribution in [2.45, 2.75) is 32.9 Å². The van der Waals surface area contributed by atoms with Crippen LogP contribution >= 0.6 is 11.6 Å². The number of aromatic nitrogens is 2. The van der Waals surface area contributed by atoms with Crippen LogP contribution in [0.15, 0.2) is 0 Å². The molecule has 0 aliphatic carbocycles. The molecule has 4 nitrogen and oxygen atoms in total.